The Morgan fingerprint density at radius 3 is 1.48 bits per heavy atom. The summed E-state index contributed by atoms with van der Waals surface area (Å²) in [6.07, 6.45) is 27.4. The summed E-state index contributed by atoms with van der Waals surface area (Å²) < 4.78 is 4.92. The summed E-state index contributed by atoms with van der Waals surface area (Å²) in [6, 6.07) is 0. The van der Waals surface area contributed by atoms with Crippen LogP contribution in [0.5, 0.6) is 0 Å². The minimum Gasteiger partial charge on any atom is -0.466 e. The molecule has 0 amide bonds. The fourth-order valence-corrected chi connectivity index (χ4v) is 3.10. The Balaban J connectivity index is 3.07. The van der Waals surface area contributed by atoms with Crippen LogP contribution in [0.25, 0.3) is 0 Å². The molecule has 0 N–H and O–H groups in total. The first-order chi connectivity index (χ1) is 12.3. The minimum absolute atomic E-state index is 0.160. The van der Waals surface area contributed by atoms with E-state index in [9.17, 15) is 4.79 Å². The van der Waals surface area contributed by atoms with Gasteiger partial charge in [0.1, 0.15) is 0 Å². The summed E-state index contributed by atoms with van der Waals surface area (Å²) in [5, 5.41) is 0. The molecule has 0 aromatic heterocycles. The van der Waals surface area contributed by atoms with Gasteiger partial charge in [-0.3, -0.25) is 4.79 Å². The van der Waals surface area contributed by atoms with Gasteiger partial charge in [-0.1, -0.05) is 96.1 Å². The predicted molar refractivity (Wildman–Crippen MR) is 110 cm³/mol. The van der Waals surface area contributed by atoms with Crippen LogP contribution in [0, 0.1) is 0 Å². The molecule has 0 saturated carbocycles. The summed E-state index contributed by atoms with van der Waals surface area (Å²) in [4.78, 5) is 10.6. The molecule has 0 bridgehead atoms. The molecule has 148 valence electrons. The molecule has 0 rings (SSSR count). The van der Waals surface area contributed by atoms with Crippen molar-refractivity contribution in [3.05, 3.63) is 12.2 Å². The van der Waals surface area contributed by atoms with Gasteiger partial charge in [0.15, 0.2) is 0 Å². The Labute approximate surface area is 157 Å². The fourth-order valence-electron chi connectivity index (χ4n) is 3.10. The van der Waals surface area contributed by atoms with E-state index < -0.39 is 0 Å². The van der Waals surface area contributed by atoms with E-state index in [4.69, 9.17) is 4.74 Å². The second kappa shape index (κ2) is 21.3. The molecule has 0 aliphatic carbocycles. The van der Waals surface area contributed by atoms with Gasteiger partial charge in [-0.2, -0.15) is 0 Å². The maximum Gasteiger partial charge on any atom is 0.302 e. The van der Waals surface area contributed by atoms with Crippen molar-refractivity contribution in [1.29, 1.82) is 0 Å². The van der Waals surface area contributed by atoms with Crippen molar-refractivity contribution in [2.24, 2.45) is 0 Å². The highest BCUT2D eigenvalue weighted by atomic mass is 16.5. The molecule has 0 radical (unpaired) electrons. The van der Waals surface area contributed by atoms with Crippen molar-refractivity contribution < 1.29 is 9.53 Å². The number of hydrogen-bond acceptors (Lipinski definition) is 2. The normalized spacial score (nSPS) is 11.3. The van der Waals surface area contributed by atoms with E-state index >= 15 is 0 Å². The molecular formula is C23H44O2. The average molecular weight is 353 g/mol. The second-order valence-corrected chi connectivity index (χ2v) is 7.34. The predicted octanol–water partition coefficient (Wildman–Crippen LogP) is 7.76. The molecule has 0 unspecified atom stereocenters. The van der Waals surface area contributed by atoms with E-state index in [1.807, 2.05) is 0 Å². The first kappa shape index (κ1) is 24.2. The molecule has 0 aromatic rings. The van der Waals surface area contributed by atoms with Gasteiger partial charge in [-0.15, -0.1) is 0 Å². The number of unbranched alkanes of at least 4 members (excludes halogenated alkanes) is 15. The summed E-state index contributed by atoms with van der Waals surface area (Å²) in [6.45, 7) is 4.35. The standard InChI is InChI=1S/C23H44O2/c1-3-4-5-6-7-8-9-10-11-12-13-14-15-16-17-18-19-20-21-22-25-23(2)24/h14-15H,3-13,16-22H2,1-2H3. The second-order valence-electron chi connectivity index (χ2n) is 7.34. The molecule has 0 heterocycles. The lowest BCUT2D eigenvalue weighted by atomic mass is 10.1. The van der Waals surface area contributed by atoms with Gasteiger partial charge >= 0.3 is 5.97 Å². The highest BCUT2D eigenvalue weighted by Gasteiger charge is 1.94. The first-order valence-electron chi connectivity index (χ1n) is 11.1. The van der Waals surface area contributed by atoms with Crippen LogP contribution in [-0.4, -0.2) is 12.6 Å². The summed E-state index contributed by atoms with van der Waals surface area (Å²) in [5.74, 6) is -0.160. The SMILES string of the molecule is CCCCCCCCCCCCC=CCCCCCCCOC(C)=O. The highest BCUT2D eigenvalue weighted by Crippen LogP contribution is 2.12. The zero-order valence-corrected chi connectivity index (χ0v) is 17.2. The zero-order chi connectivity index (χ0) is 18.4. The molecule has 0 atom stereocenters. The van der Waals surface area contributed by atoms with Crippen LogP contribution in [0.2, 0.25) is 0 Å². The Morgan fingerprint density at radius 1 is 0.640 bits per heavy atom. The Kier molecular flexibility index (Phi) is 20.6. The average Bonchev–Trinajstić information content (AvgIpc) is 2.60. The molecule has 0 saturated heterocycles. The van der Waals surface area contributed by atoms with E-state index in [0.29, 0.717) is 6.61 Å². The lowest BCUT2D eigenvalue weighted by Gasteiger charge is -2.02. The largest absolute Gasteiger partial charge is 0.466 e. The number of allylic oxidation sites excluding steroid dienone is 2. The van der Waals surface area contributed by atoms with Crippen LogP contribution in [0.4, 0.5) is 0 Å². The molecule has 0 aliphatic heterocycles. The summed E-state index contributed by atoms with van der Waals surface area (Å²) in [5.41, 5.74) is 0. The number of hydrogen-bond donors (Lipinski definition) is 0. The van der Waals surface area contributed by atoms with Crippen molar-refractivity contribution in [1.82, 2.24) is 0 Å². The van der Waals surface area contributed by atoms with Crippen molar-refractivity contribution in [3.63, 3.8) is 0 Å². The van der Waals surface area contributed by atoms with Gasteiger partial charge in [0, 0.05) is 6.92 Å². The molecule has 0 spiro atoms. The number of esters is 1. The molecule has 0 aromatic carbocycles. The summed E-state index contributed by atoms with van der Waals surface area (Å²) in [7, 11) is 0. The monoisotopic (exact) mass is 352 g/mol. The third kappa shape index (κ3) is 23.2. The number of ether oxygens (including phenoxy) is 1. The lowest BCUT2D eigenvalue weighted by molar-refractivity contribution is -0.141. The highest BCUT2D eigenvalue weighted by molar-refractivity contribution is 5.65. The smallest absolute Gasteiger partial charge is 0.302 e. The summed E-state index contributed by atoms with van der Waals surface area (Å²) >= 11 is 0. The number of carbonyl (C=O) groups excluding carboxylic acids is 1. The van der Waals surface area contributed by atoms with Crippen molar-refractivity contribution in [2.75, 3.05) is 6.61 Å². The van der Waals surface area contributed by atoms with E-state index in [0.717, 1.165) is 6.42 Å². The van der Waals surface area contributed by atoms with Gasteiger partial charge in [0.05, 0.1) is 6.61 Å². The maximum atomic E-state index is 10.6. The Hall–Kier alpha value is -0.790. The van der Waals surface area contributed by atoms with Crippen LogP contribution < -0.4 is 0 Å². The number of carbonyl (C=O) groups is 1. The van der Waals surface area contributed by atoms with Gasteiger partial charge in [-0.25, -0.2) is 0 Å². The van der Waals surface area contributed by atoms with Crippen LogP contribution in [-0.2, 0) is 9.53 Å². The molecular weight excluding hydrogens is 308 g/mol. The molecule has 2 heteroatoms. The molecule has 0 fully saturated rings. The van der Waals surface area contributed by atoms with E-state index in [-0.39, 0.29) is 5.97 Å². The van der Waals surface area contributed by atoms with E-state index in [1.54, 1.807) is 0 Å². The van der Waals surface area contributed by atoms with Gasteiger partial charge in [-0.05, 0) is 32.1 Å². The molecule has 0 aliphatic rings. The maximum absolute atomic E-state index is 10.6. The van der Waals surface area contributed by atoms with Gasteiger partial charge in [0.2, 0.25) is 0 Å². The molecule has 25 heavy (non-hydrogen) atoms. The first-order valence-corrected chi connectivity index (χ1v) is 11.1. The third-order valence-corrected chi connectivity index (χ3v) is 4.71. The van der Waals surface area contributed by atoms with Gasteiger partial charge < -0.3 is 4.74 Å². The number of rotatable bonds is 19. The van der Waals surface area contributed by atoms with Gasteiger partial charge in [0.25, 0.3) is 0 Å². The topological polar surface area (TPSA) is 26.3 Å². The van der Waals surface area contributed by atoms with Crippen molar-refractivity contribution >= 4 is 5.97 Å². The van der Waals surface area contributed by atoms with Crippen molar-refractivity contribution in [3.8, 4) is 0 Å². The van der Waals surface area contributed by atoms with Crippen LogP contribution >= 0.6 is 0 Å². The van der Waals surface area contributed by atoms with Crippen LogP contribution in [0.15, 0.2) is 12.2 Å². The minimum atomic E-state index is -0.160. The van der Waals surface area contributed by atoms with E-state index in [1.165, 1.54) is 110 Å². The van der Waals surface area contributed by atoms with Crippen molar-refractivity contribution in [2.45, 2.75) is 123 Å². The fraction of sp³-hybridized carbons (Fsp3) is 0.870. The lowest BCUT2D eigenvalue weighted by Crippen LogP contribution is -1.99. The Morgan fingerprint density at radius 2 is 1.04 bits per heavy atom. The van der Waals surface area contributed by atoms with Crippen LogP contribution in [0.1, 0.15) is 123 Å². The third-order valence-electron chi connectivity index (χ3n) is 4.71. The quantitative estimate of drug-likeness (QED) is 0.135. The zero-order valence-electron chi connectivity index (χ0n) is 17.2. The Bertz CT molecular complexity index is 296. The van der Waals surface area contributed by atoms with Crippen LogP contribution in [0.3, 0.4) is 0 Å². The molecule has 2 nitrogen and oxygen atoms in total. The van der Waals surface area contributed by atoms with E-state index in [2.05, 4.69) is 19.1 Å².